The second-order valence-corrected chi connectivity index (χ2v) is 7.62. The SMILES string of the molecule is C=CC(=O)OCCCOc1ccccc1C(=O)OCC(COc1ccccc1)OC(=O)NCCOC(=O)C=C. The average Bonchev–Trinajstić information content (AvgIpc) is 2.96. The summed E-state index contributed by atoms with van der Waals surface area (Å²) < 4.78 is 31.7. The molecule has 1 amide bonds. The minimum Gasteiger partial charge on any atom is -0.493 e. The number of nitrogens with one attached hydrogen (secondary N) is 1. The van der Waals surface area contributed by atoms with Crippen LogP contribution in [0.1, 0.15) is 16.8 Å². The fourth-order valence-corrected chi connectivity index (χ4v) is 2.86. The van der Waals surface area contributed by atoms with Crippen molar-refractivity contribution in [2.24, 2.45) is 0 Å². The molecule has 208 valence electrons. The molecule has 11 heteroatoms. The van der Waals surface area contributed by atoms with Gasteiger partial charge in [-0.1, -0.05) is 43.5 Å². The first-order valence-electron chi connectivity index (χ1n) is 12.0. The van der Waals surface area contributed by atoms with E-state index in [2.05, 4.69) is 18.5 Å². The van der Waals surface area contributed by atoms with Gasteiger partial charge in [0, 0.05) is 18.6 Å². The summed E-state index contributed by atoms with van der Waals surface area (Å²) in [6.07, 6.45) is 0.699. The summed E-state index contributed by atoms with van der Waals surface area (Å²) in [5.74, 6) is -1.04. The van der Waals surface area contributed by atoms with E-state index in [1.807, 2.05) is 6.07 Å². The highest BCUT2D eigenvalue weighted by atomic mass is 16.6. The Kier molecular flexibility index (Phi) is 13.7. The van der Waals surface area contributed by atoms with Crippen LogP contribution in [0.2, 0.25) is 0 Å². The molecule has 0 fully saturated rings. The van der Waals surface area contributed by atoms with Crippen molar-refractivity contribution in [2.75, 3.05) is 39.6 Å². The van der Waals surface area contributed by atoms with Gasteiger partial charge < -0.3 is 33.7 Å². The Hall–Kier alpha value is -4.80. The summed E-state index contributed by atoms with van der Waals surface area (Å²) in [7, 11) is 0. The molecule has 1 atom stereocenters. The van der Waals surface area contributed by atoms with Gasteiger partial charge in [-0.3, -0.25) is 0 Å². The van der Waals surface area contributed by atoms with E-state index in [0.717, 1.165) is 12.2 Å². The highest BCUT2D eigenvalue weighted by molar-refractivity contribution is 5.92. The van der Waals surface area contributed by atoms with Crippen molar-refractivity contribution in [2.45, 2.75) is 12.5 Å². The molecule has 0 saturated heterocycles. The molecule has 0 saturated carbocycles. The van der Waals surface area contributed by atoms with Crippen LogP contribution < -0.4 is 14.8 Å². The number of rotatable bonds is 17. The Morgan fingerprint density at radius 2 is 1.44 bits per heavy atom. The van der Waals surface area contributed by atoms with E-state index < -0.39 is 30.1 Å². The lowest BCUT2D eigenvalue weighted by atomic mass is 10.2. The van der Waals surface area contributed by atoms with Crippen LogP contribution in [-0.2, 0) is 28.5 Å². The Bertz CT molecular complexity index is 1100. The van der Waals surface area contributed by atoms with Gasteiger partial charge in [0.25, 0.3) is 0 Å². The number of benzene rings is 2. The van der Waals surface area contributed by atoms with Gasteiger partial charge in [0.2, 0.25) is 0 Å². The van der Waals surface area contributed by atoms with Gasteiger partial charge in [0.15, 0.2) is 6.10 Å². The van der Waals surface area contributed by atoms with E-state index in [1.165, 1.54) is 6.07 Å². The summed E-state index contributed by atoms with van der Waals surface area (Å²) in [5.41, 5.74) is 0.164. The largest absolute Gasteiger partial charge is 0.493 e. The summed E-state index contributed by atoms with van der Waals surface area (Å²) in [6, 6.07) is 15.3. The van der Waals surface area contributed by atoms with Crippen LogP contribution in [0.15, 0.2) is 79.9 Å². The third-order valence-electron chi connectivity index (χ3n) is 4.70. The van der Waals surface area contributed by atoms with Gasteiger partial charge in [0.05, 0.1) is 19.8 Å². The predicted molar refractivity (Wildman–Crippen MR) is 139 cm³/mol. The van der Waals surface area contributed by atoms with Crippen LogP contribution in [0.4, 0.5) is 4.79 Å². The van der Waals surface area contributed by atoms with E-state index in [1.54, 1.807) is 42.5 Å². The molecule has 0 radical (unpaired) electrons. The molecule has 39 heavy (non-hydrogen) atoms. The van der Waals surface area contributed by atoms with Crippen LogP contribution in [0.25, 0.3) is 0 Å². The summed E-state index contributed by atoms with van der Waals surface area (Å²) in [6.45, 7) is 6.44. The molecule has 1 N–H and O–H groups in total. The standard InChI is InChI=1S/C28H31NO10/c1-3-25(30)35-17-10-16-34-24-14-9-8-13-23(24)27(32)38-20-22(19-37-21-11-6-5-7-12-21)39-28(33)29-15-18-36-26(31)4-2/h3-9,11-14,22H,1-2,10,15-20H2,(H,29,33). The summed E-state index contributed by atoms with van der Waals surface area (Å²) in [4.78, 5) is 47.2. The third-order valence-corrected chi connectivity index (χ3v) is 4.70. The number of carbonyl (C=O) groups is 4. The molecule has 0 heterocycles. The quantitative estimate of drug-likeness (QED) is 0.138. The zero-order chi connectivity index (χ0) is 28.3. The smallest absolute Gasteiger partial charge is 0.407 e. The van der Waals surface area contributed by atoms with E-state index in [9.17, 15) is 19.2 Å². The van der Waals surface area contributed by atoms with Crippen molar-refractivity contribution in [1.29, 1.82) is 0 Å². The molecule has 2 aromatic rings. The van der Waals surface area contributed by atoms with Crippen LogP contribution >= 0.6 is 0 Å². The molecule has 11 nitrogen and oxygen atoms in total. The minimum atomic E-state index is -0.961. The van der Waals surface area contributed by atoms with Crippen molar-refractivity contribution in [3.8, 4) is 11.5 Å². The normalized spacial score (nSPS) is 10.8. The fraction of sp³-hybridized carbons (Fsp3) is 0.286. The van der Waals surface area contributed by atoms with Crippen molar-refractivity contribution in [3.05, 3.63) is 85.5 Å². The number of amides is 1. The predicted octanol–water partition coefficient (Wildman–Crippen LogP) is 3.24. The monoisotopic (exact) mass is 541 g/mol. The molecule has 0 bridgehead atoms. The highest BCUT2D eigenvalue weighted by Gasteiger charge is 2.21. The number of esters is 3. The van der Waals surface area contributed by atoms with Crippen LogP contribution in [0.5, 0.6) is 11.5 Å². The molecule has 0 aliphatic heterocycles. The lowest BCUT2D eigenvalue weighted by molar-refractivity contribution is -0.138. The van der Waals surface area contributed by atoms with Crippen molar-refractivity contribution in [1.82, 2.24) is 5.32 Å². The van der Waals surface area contributed by atoms with Crippen LogP contribution in [0.3, 0.4) is 0 Å². The minimum absolute atomic E-state index is 0.00195. The van der Waals surface area contributed by atoms with Crippen molar-refractivity contribution < 1.29 is 47.6 Å². The fourth-order valence-electron chi connectivity index (χ4n) is 2.86. The molecule has 0 aliphatic rings. The maximum Gasteiger partial charge on any atom is 0.407 e. The average molecular weight is 542 g/mol. The Morgan fingerprint density at radius 1 is 0.769 bits per heavy atom. The first-order valence-corrected chi connectivity index (χ1v) is 12.0. The first kappa shape index (κ1) is 30.4. The number of hydrogen-bond donors (Lipinski definition) is 1. The second kappa shape index (κ2) is 17.6. The number of ether oxygens (including phenoxy) is 6. The van der Waals surface area contributed by atoms with Gasteiger partial charge in [-0.05, 0) is 24.3 Å². The molecule has 0 aromatic heterocycles. The Morgan fingerprint density at radius 3 is 2.15 bits per heavy atom. The third kappa shape index (κ3) is 12.3. The topological polar surface area (TPSA) is 136 Å². The van der Waals surface area contributed by atoms with E-state index in [-0.39, 0.29) is 50.9 Å². The highest BCUT2D eigenvalue weighted by Crippen LogP contribution is 2.19. The van der Waals surface area contributed by atoms with E-state index in [0.29, 0.717) is 12.2 Å². The van der Waals surface area contributed by atoms with Crippen molar-refractivity contribution >= 4 is 24.0 Å². The molecule has 0 aliphatic carbocycles. The molecule has 1 unspecified atom stereocenters. The molecule has 0 spiro atoms. The lowest BCUT2D eigenvalue weighted by Gasteiger charge is -2.19. The van der Waals surface area contributed by atoms with E-state index >= 15 is 0 Å². The van der Waals surface area contributed by atoms with Gasteiger partial charge in [-0.25, -0.2) is 19.2 Å². The molecule has 2 aromatic carbocycles. The maximum absolute atomic E-state index is 12.8. The van der Waals surface area contributed by atoms with Crippen LogP contribution in [0, 0.1) is 0 Å². The lowest BCUT2D eigenvalue weighted by Crippen LogP contribution is -2.36. The Balaban J connectivity index is 1.92. The van der Waals surface area contributed by atoms with Gasteiger partial charge in [-0.2, -0.15) is 0 Å². The van der Waals surface area contributed by atoms with E-state index in [4.69, 9.17) is 28.4 Å². The second-order valence-electron chi connectivity index (χ2n) is 7.62. The summed E-state index contributed by atoms with van der Waals surface area (Å²) in [5, 5.41) is 2.44. The molecular formula is C28H31NO10. The number of para-hydroxylation sites is 2. The zero-order valence-electron chi connectivity index (χ0n) is 21.4. The summed E-state index contributed by atoms with van der Waals surface area (Å²) >= 11 is 0. The van der Waals surface area contributed by atoms with Gasteiger partial charge in [0.1, 0.15) is 36.9 Å². The Labute approximate surface area is 226 Å². The maximum atomic E-state index is 12.8. The van der Waals surface area contributed by atoms with Crippen molar-refractivity contribution in [3.63, 3.8) is 0 Å². The van der Waals surface area contributed by atoms with Crippen LogP contribution in [-0.4, -0.2) is 69.7 Å². The zero-order valence-corrected chi connectivity index (χ0v) is 21.4. The molecule has 2 rings (SSSR count). The number of carbonyl (C=O) groups excluding carboxylic acids is 4. The van der Waals surface area contributed by atoms with Gasteiger partial charge >= 0.3 is 24.0 Å². The molecular weight excluding hydrogens is 510 g/mol. The van der Waals surface area contributed by atoms with Gasteiger partial charge in [-0.15, -0.1) is 0 Å². The number of alkyl carbamates (subject to hydrolysis) is 1. The first-order chi connectivity index (χ1) is 18.9. The number of hydrogen-bond acceptors (Lipinski definition) is 10.